The number of aromatic nitrogens is 2. The summed E-state index contributed by atoms with van der Waals surface area (Å²) in [5, 5.41) is 11.6. The summed E-state index contributed by atoms with van der Waals surface area (Å²) in [5.74, 6) is -0.254. The largest absolute Gasteiger partial charge is 0.352 e. The SMILES string of the molecule is [2H]C[C@@H]1CC(OP(OCCC#N)N(C(C)C)C(C)C)[C@H](n2ccc(NC(=O)c3ccccc3)nc2=O)O1. The Hall–Kier alpha value is -2.67. The van der Waals surface area contributed by atoms with E-state index in [-0.39, 0.29) is 43.7 Å². The number of anilines is 1. The van der Waals surface area contributed by atoms with Gasteiger partial charge in [0.05, 0.1) is 25.2 Å². The normalized spacial score (nSPS) is 20.9. The first kappa shape index (κ1) is 26.4. The number of carbonyl (C=O) groups excluding carboxylic acids is 1. The lowest BCUT2D eigenvalue weighted by Gasteiger charge is -2.37. The van der Waals surface area contributed by atoms with E-state index >= 15 is 0 Å². The predicted molar refractivity (Wildman–Crippen MR) is 137 cm³/mol. The van der Waals surface area contributed by atoms with Crippen molar-refractivity contribution in [1.82, 2.24) is 14.2 Å². The molecule has 1 aromatic carbocycles. The number of ether oxygens (including phenoxy) is 1. The van der Waals surface area contributed by atoms with Gasteiger partial charge in [0.1, 0.15) is 11.9 Å². The second-order valence-electron chi connectivity index (χ2n) is 8.90. The highest BCUT2D eigenvalue weighted by molar-refractivity contribution is 7.44. The van der Waals surface area contributed by atoms with E-state index in [0.29, 0.717) is 12.0 Å². The highest BCUT2D eigenvalue weighted by atomic mass is 31.2. The van der Waals surface area contributed by atoms with Crippen LogP contribution in [0.3, 0.4) is 0 Å². The molecular weight excluding hydrogens is 481 g/mol. The fraction of sp³-hybridized carbons (Fsp3) is 0.520. The molecule has 1 aliphatic rings. The number of hydrogen-bond donors (Lipinski definition) is 1. The zero-order valence-electron chi connectivity index (χ0n) is 22.0. The van der Waals surface area contributed by atoms with Gasteiger partial charge in [0.25, 0.3) is 14.4 Å². The summed E-state index contributed by atoms with van der Waals surface area (Å²) in [6.07, 6.45) is 0.309. The summed E-state index contributed by atoms with van der Waals surface area (Å²) >= 11 is 0. The summed E-state index contributed by atoms with van der Waals surface area (Å²) in [6, 6.07) is 12.5. The number of hydrogen-bond acceptors (Lipinski definition) is 8. The molecule has 2 aromatic rings. The summed E-state index contributed by atoms with van der Waals surface area (Å²) in [6.45, 7) is 8.39. The molecule has 1 amide bonds. The second-order valence-corrected chi connectivity index (χ2v) is 10.3. The number of nitrogens with zero attached hydrogens (tertiary/aromatic N) is 4. The summed E-state index contributed by atoms with van der Waals surface area (Å²) < 4.78 is 29.7. The standard InChI is InChI=1S/C25H34N5O5P/c1-17(2)30(18(3)4)36(33-15-9-13-26)35-21-16-19(5)34-24(21)29-14-12-22(28-25(29)32)27-23(31)20-10-7-6-8-11-20/h6-8,10-12,14,17-19,21,24H,9,15-16H2,1-5H3,(H,27,28,31,32)/t19-,21?,24-,36?/m1/s1/i5D. The molecule has 1 saturated heterocycles. The zero-order valence-corrected chi connectivity index (χ0v) is 21.9. The van der Waals surface area contributed by atoms with Crippen LogP contribution in [0.15, 0.2) is 47.4 Å². The van der Waals surface area contributed by atoms with Crippen molar-refractivity contribution in [3.63, 3.8) is 0 Å². The van der Waals surface area contributed by atoms with Gasteiger partial charge < -0.3 is 19.1 Å². The van der Waals surface area contributed by atoms with Crippen LogP contribution < -0.4 is 11.0 Å². The van der Waals surface area contributed by atoms with Crippen LogP contribution >= 0.6 is 8.53 Å². The first-order chi connectivity index (χ1) is 17.7. The summed E-state index contributed by atoms with van der Waals surface area (Å²) in [4.78, 5) is 29.4. The number of rotatable bonds is 11. The lowest BCUT2D eigenvalue weighted by Crippen LogP contribution is -2.37. The number of nitrogens with one attached hydrogen (secondary N) is 1. The van der Waals surface area contributed by atoms with Crippen molar-refractivity contribution in [3.05, 3.63) is 58.6 Å². The average Bonchev–Trinajstić information content (AvgIpc) is 3.26. The third kappa shape index (κ3) is 7.19. The van der Waals surface area contributed by atoms with E-state index in [2.05, 4.69) is 21.0 Å². The summed E-state index contributed by atoms with van der Waals surface area (Å²) in [5.41, 5.74) is -0.168. The molecule has 1 aliphatic heterocycles. The van der Waals surface area contributed by atoms with Crippen molar-refractivity contribution in [2.75, 3.05) is 11.9 Å². The highest BCUT2D eigenvalue weighted by Crippen LogP contribution is 2.50. The lowest BCUT2D eigenvalue weighted by molar-refractivity contribution is -0.0314. The Morgan fingerprint density at radius 1 is 1.33 bits per heavy atom. The smallest absolute Gasteiger partial charge is 0.351 e. The molecule has 0 spiro atoms. The molecule has 2 unspecified atom stereocenters. The van der Waals surface area contributed by atoms with Gasteiger partial charge in [-0.2, -0.15) is 10.2 Å². The van der Waals surface area contributed by atoms with Crippen molar-refractivity contribution in [1.29, 1.82) is 5.26 Å². The number of nitriles is 1. The minimum atomic E-state index is -1.57. The van der Waals surface area contributed by atoms with Crippen LogP contribution in [-0.2, 0) is 13.8 Å². The molecule has 36 heavy (non-hydrogen) atoms. The van der Waals surface area contributed by atoms with Crippen molar-refractivity contribution in [2.45, 2.75) is 78.0 Å². The second kappa shape index (κ2) is 13.0. The van der Waals surface area contributed by atoms with Crippen molar-refractivity contribution < 1.29 is 19.9 Å². The number of carbonyl (C=O) groups is 1. The molecular formula is C25H34N5O5P. The van der Waals surface area contributed by atoms with Gasteiger partial charge in [-0.3, -0.25) is 9.36 Å². The van der Waals surface area contributed by atoms with Gasteiger partial charge in [-0.05, 0) is 52.8 Å². The van der Waals surface area contributed by atoms with E-state index in [1.165, 1.54) is 16.8 Å². The molecule has 2 heterocycles. The van der Waals surface area contributed by atoms with Gasteiger partial charge in [-0.25, -0.2) is 9.46 Å². The molecule has 0 radical (unpaired) electrons. The molecule has 11 heteroatoms. The quantitative estimate of drug-likeness (QED) is 0.343. The van der Waals surface area contributed by atoms with E-state index in [4.69, 9.17) is 20.4 Å². The van der Waals surface area contributed by atoms with Gasteiger partial charge in [-0.1, -0.05) is 18.2 Å². The molecule has 0 bridgehead atoms. The third-order valence-corrected chi connectivity index (χ3v) is 7.57. The van der Waals surface area contributed by atoms with Gasteiger partial charge in [0, 0.05) is 31.6 Å². The maximum atomic E-state index is 13.0. The molecule has 194 valence electrons. The van der Waals surface area contributed by atoms with Crippen molar-refractivity contribution in [2.24, 2.45) is 0 Å². The minimum Gasteiger partial charge on any atom is -0.352 e. The fourth-order valence-electron chi connectivity index (χ4n) is 3.92. The molecule has 10 nitrogen and oxygen atoms in total. The Morgan fingerprint density at radius 2 is 2.06 bits per heavy atom. The Bertz CT molecular complexity index is 1120. The van der Waals surface area contributed by atoms with Gasteiger partial charge in [-0.15, -0.1) is 0 Å². The zero-order chi connectivity index (χ0) is 26.9. The minimum absolute atomic E-state index is 0.00897. The molecule has 1 N–H and O–H groups in total. The Labute approximate surface area is 214 Å². The molecule has 3 rings (SSSR count). The molecule has 0 saturated carbocycles. The molecule has 4 atom stereocenters. The van der Waals surface area contributed by atoms with Gasteiger partial charge >= 0.3 is 5.69 Å². The first-order valence-electron chi connectivity index (χ1n) is 12.6. The van der Waals surface area contributed by atoms with Crippen LogP contribution in [0.4, 0.5) is 5.82 Å². The van der Waals surface area contributed by atoms with E-state index in [1.54, 1.807) is 24.3 Å². The van der Waals surface area contributed by atoms with Crippen LogP contribution in [0.25, 0.3) is 0 Å². The fourth-order valence-corrected chi connectivity index (χ4v) is 5.65. The summed E-state index contributed by atoms with van der Waals surface area (Å²) in [7, 11) is -1.57. The number of amides is 1. The molecule has 1 aromatic heterocycles. The van der Waals surface area contributed by atoms with Crippen LogP contribution in [0.1, 0.15) is 65.4 Å². The maximum Gasteiger partial charge on any atom is 0.351 e. The van der Waals surface area contributed by atoms with E-state index in [0.717, 1.165) is 0 Å². The predicted octanol–water partition coefficient (Wildman–Crippen LogP) is 4.46. The van der Waals surface area contributed by atoms with Gasteiger partial charge in [0.2, 0.25) is 0 Å². The average molecular weight is 517 g/mol. The Kier molecular flexibility index (Phi) is 9.56. The van der Waals surface area contributed by atoms with E-state index < -0.39 is 32.7 Å². The number of benzene rings is 1. The van der Waals surface area contributed by atoms with Crippen molar-refractivity contribution in [3.8, 4) is 6.07 Å². The molecule has 1 fully saturated rings. The van der Waals surface area contributed by atoms with Gasteiger partial charge in [0.15, 0.2) is 6.23 Å². The Balaban J connectivity index is 1.82. The van der Waals surface area contributed by atoms with Crippen LogP contribution in [0.2, 0.25) is 0 Å². The first-order valence-corrected chi connectivity index (χ1v) is 13.0. The monoisotopic (exact) mass is 516 g/mol. The van der Waals surface area contributed by atoms with E-state index in [1.807, 2.05) is 33.8 Å². The third-order valence-electron chi connectivity index (χ3n) is 5.41. The van der Waals surface area contributed by atoms with Crippen LogP contribution in [0, 0.1) is 11.3 Å². The van der Waals surface area contributed by atoms with Crippen LogP contribution in [-0.4, -0.2) is 51.0 Å². The lowest BCUT2D eigenvalue weighted by atomic mass is 10.2. The topological polar surface area (TPSA) is 119 Å². The Morgan fingerprint density at radius 3 is 2.67 bits per heavy atom. The maximum absolute atomic E-state index is 13.0. The van der Waals surface area contributed by atoms with Crippen molar-refractivity contribution >= 4 is 20.3 Å². The van der Waals surface area contributed by atoms with E-state index in [9.17, 15) is 9.59 Å². The molecule has 0 aliphatic carbocycles. The van der Waals surface area contributed by atoms with Crippen LogP contribution in [0.5, 0.6) is 0 Å². The highest BCUT2D eigenvalue weighted by Gasteiger charge is 2.40.